The summed E-state index contributed by atoms with van der Waals surface area (Å²) >= 11 is 0. The van der Waals surface area contributed by atoms with Crippen LogP contribution in [0.3, 0.4) is 0 Å². The van der Waals surface area contributed by atoms with Gasteiger partial charge in [0.2, 0.25) is 0 Å². The van der Waals surface area contributed by atoms with Gasteiger partial charge in [0.1, 0.15) is 18.1 Å². The minimum absolute atomic E-state index is 0.0573. The lowest BCUT2D eigenvalue weighted by atomic mass is 9.96. The molecular weight excluding hydrogens is 324 g/mol. The maximum absolute atomic E-state index is 12.4. The van der Waals surface area contributed by atoms with Crippen molar-refractivity contribution in [1.29, 1.82) is 0 Å². The Morgan fingerprint density at radius 1 is 1.12 bits per heavy atom. The topological polar surface area (TPSA) is 78.9 Å². The fourth-order valence-electron chi connectivity index (χ4n) is 2.35. The second kappa shape index (κ2) is 10.5. The molecule has 0 radical (unpaired) electrons. The van der Waals surface area contributed by atoms with Gasteiger partial charge in [0, 0.05) is 13.0 Å². The predicted octanol–water partition coefficient (Wildman–Crippen LogP) is 3.06. The fourth-order valence-corrected chi connectivity index (χ4v) is 2.35. The Morgan fingerprint density at radius 3 is 2.36 bits per heavy atom. The smallest absolute Gasteiger partial charge is 0.317 e. The van der Waals surface area contributed by atoms with Gasteiger partial charge in [-0.1, -0.05) is 6.42 Å². The van der Waals surface area contributed by atoms with Gasteiger partial charge in [-0.2, -0.15) is 0 Å². The van der Waals surface area contributed by atoms with Crippen LogP contribution in [-0.2, 0) is 28.6 Å². The van der Waals surface area contributed by atoms with Crippen LogP contribution < -0.4 is 0 Å². The van der Waals surface area contributed by atoms with E-state index in [1.165, 1.54) is 0 Å². The van der Waals surface area contributed by atoms with E-state index in [9.17, 15) is 14.4 Å². The molecule has 1 fully saturated rings. The van der Waals surface area contributed by atoms with Crippen molar-refractivity contribution in [3.63, 3.8) is 0 Å². The molecule has 0 spiro atoms. The molecule has 25 heavy (non-hydrogen) atoms. The molecule has 0 amide bonds. The zero-order chi connectivity index (χ0) is 18.9. The van der Waals surface area contributed by atoms with E-state index >= 15 is 0 Å². The Labute approximate surface area is 150 Å². The monoisotopic (exact) mass is 356 g/mol. The van der Waals surface area contributed by atoms with Crippen LogP contribution in [0.5, 0.6) is 0 Å². The highest BCUT2D eigenvalue weighted by Crippen LogP contribution is 2.29. The van der Waals surface area contributed by atoms with Gasteiger partial charge >= 0.3 is 11.9 Å². The first-order chi connectivity index (χ1) is 11.7. The van der Waals surface area contributed by atoms with Crippen LogP contribution in [0.4, 0.5) is 0 Å². The number of hydrogen-bond donors (Lipinski definition) is 0. The van der Waals surface area contributed by atoms with E-state index in [2.05, 4.69) is 0 Å². The van der Waals surface area contributed by atoms with Gasteiger partial charge in [0.05, 0.1) is 6.61 Å². The normalized spacial score (nSPS) is 15.5. The molecule has 0 aromatic heterocycles. The van der Waals surface area contributed by atoms with Gasteiger partial charge in [-0.3, -0.25) is 14.4 Å². The summed E-state index contributed by atoms with van der Waals surface area (Å²) in [6.07, 6.45) is 4.11. The predicted molar refractivity (Wildman–Crippen MR) is 93.0 cm³/mol. The minimum atomic E-state index is -0.833. The summed E-state index contributed by atoms with van der Waals surface area (Å²) in [4.78, 5) is 36.1. The molecule has 1 aliphatic carbocycles. The molecule has 0 aromatic rings. The molecular formula is C19H32O6. The maximum Gasteiger partial charge on any atom is 0.317 e. The van der Waals surface area contributed by atoms with Crippen LogP contribution in [0, 0.1) is 11.8 Å². The third kappa shape index (κ3) is 10.2. The zero-order valence-corrected chi connectivity index (χ0v) is 16.0. The number of hydrogen-bond acceptors (Lipinski definition) is 6. The summed E-state index contributed by atoms with van der Waals surface area (Å²) < 4.78 is 15.7. The average molecular weight is 356 g/mol. The number of unbranched alkanes of at least 4 members (excludes halogenated alkanes) is 1. The van der Waals surface area contributed by atoms with Crippen molar-refractivity contribution in [1.82, 2.24) is 0 Å². The summed E-state index contributed by atoms with van der Waals surface area (Å²) in [6.45, 7) is 7.96. The molecule has 0 aliphatic heterocycles. The number of esters is 2. The van der Waals surface area contributed by atoms with E-state index in [0.29, 0.717) is 44.8 Å². The Bertz CT molecular complexity index is 447. The van der Waals surface area contributed by atoms with Crippen molar-refractivity contribution in [3.05, 3.63) is 0 Å². The number of carbonyl (C=O) groups excluding carboxylic acids is 3. The molecule has 0 aromatic carbocycles. The summed E-state index contributed by atoms with van der Waals surface area (Å²) in [5.41, 5.74) is -0.643. The van der Waals surface area contributed by atoms with E-state index < -0.39 is 17.5 Å². The molecule has 144 valence electrons. The summed E-state index contributed by atoms with van der Waals surface area (Å²) in [6, 6.07) is 0. The van der Waals surface area contributed by atoms with Gasteiger partial charge in [0.25, 0.3) is 0 Å². The van der Waals surface area contributed by atoms with E-state index in [1.807, 2.05) is 0 Å². The van der Waals surface area contributed by atoms with E-state index in [1.54, 1.807) is 27.7 Å². The van der Waals surface area contributed by atoms with E-state index in [0.717, 1.165) is 12.8 Å². The molecule has 1 aliphatic rings. The number of carbonyl (C=O) groups is 3. The standard InChI is InChI=1S/C19H32O6/c1-5-24-17(21)9-7-6-8-15(18(22)25-19(2,3)4)16(20)13-23-12-14-10-11-14/h14-15H,5-13H2,1-4H3. The summed E-state index contributed by atoms with van der Waals surface area (Å²) in [5, 5.41) is 0. The summed E-state index contributed by atoms with van der Waals surface area (Å²) in [7, 11) is 0. The van der Waals surface area contributed by atoms with Crippen molar-refractivity contribution in [2.75, 3.05) is 19.8 Å². The molecule has 0 bridgehead atoms. The Balaban J connectivity index is 2.46. The Kier molecular flexibility index (Phi) is 9.11. The van der Waals surface area contributed by atoms with Crippen LogP contribution in [0.15, 0.2) is 0 Å². The highest BCUT2D eigenvalue weighted by atomic mass is 16.6. The van der Waals surface area contributed by atoms with Crippen LogP contribution in [0.2, 0.25) is 0 Å². The second-order valence-corrected chi connectivity index (χ2v) is 7.56. The average Bonchev–Trinajstić information content (AvgIpc) is 3.29. The first-order valence-electron chi connectivity index (χ1n) is 9.22. The van der Waals surface area contributed by atoms with Crippen molar-refractivity contribution < 1.29 is 28.6 Å². The lowest BCUT2D eigenvalue weighted by Gasteiger charge is -2.23. The first kappa shape index (κ1) is 21.6. The maximum atomic E-state index is 12.4. The van der Waals surface area contributed by atoms with Crippen molar-refractivity contribution in [2.24, 2.45) is 11.8 Å². The molecule has 0 N–H and O–H groups in total. The van der Waals surface area contributed by atoms with Crippen molar-refractivity contribution >= 4 is 17.7 Å². The van der Waals surface area contributed by atoms with Gasteiger partial charge in [-0.25, -0.2) is 0 Å². The van der Waals surface area contributed by atoms with Gasteiger partial charge < -0.3 is 14.2 Å². The SMILES string of the molecule is CCOC(=O)CCCCC(C(=O)COCC1CC1)C(=O)OC(C)(C)C. The minimum Gasteiger partial charge on any atom is -0.466 e. The van der Waals surface area contributed by atoms with E-state index in [-0.39, 0.29) is 18.4 Å². The Morgan fingerprint density at radius 2 is 1.80 bits per heavy atom. The zero-order valence-electron chi connectivity index (χ0n) is 16.0. The lowest BCUT2D eigenvalue weighted by Crippen LogP contribution is -2.34. The number of ether oxygens (including phenoxy) is 3. The van der Waals surface area contributed by atoms with E-state index in [4.69, 9.17) is 14.2 Å². The molecule has 1 unspecified atom stereocenters. The van der Waals surface area contributed by atoms with Crippen molar-refractivity contribution in [2.45, 2.75) is 71.8 Å². The number of Topliss-reactive ketones (excluding diaryl/α,β-unsaturated/α-hetero) is 1. The van der Waals surface area contributed by atoms with Gasteiger partial charge in [-0.15, -0.1) is 0 Å². The van der Waals surface area contributed by atoms with Crippen LogP contribution in [0.1, 0.15) is 66.2 Å². The van der Waals surface area contributed by atoms with Gasteiger partial charge in [-0.05, 0) is 59.3 Å². The molecule has 6 heteroatoms. The van der Waals surface area contributed by atoms with Gasteiger partial charge in [0.15, 0.2) is 5.78 Å². The van der Waals surface area contributed by atoms with Crippen LogP contribution in [0.25, 0.3) is 0 Å². The third-order valence-corrected chi connectivity index (χ3v) is 3.80. The number of ketones is 1. The lowest BCUT2D eigenvalue weighted by molar-refractivity contribution is -0.163. The highest BCUT2D eigenvalue weighted by molar-refractivity contribution is 5.99. The first-order valence-corrected chi connectivity index (χ1v) is 9.22. The fraction of sp³-hybridized carbons (Fsp3) is 0.842. The van der Waals surface area contributed by atoms with Crippen LogP contribution in [-0.4, -0.2) is 43.1 Å². The molecule has 1 saturated carbocycles. The molecule has 0 saturated heterocycles. The Hall–Kier alpha value is -1.43. The number of rotatable bonds is 12. The van der Waals surface area contributed by atoms with Crippen molar-refractivity contribution in [3.8, 4) is 0 Å². The summed E-state index contributed by atoms with van der Waals surface area (Å²) in [5.74, 6) is -1.27. The molecule has 0 heterocycles. The molecule has 6 nitrogen and oxygen atoms in total. The highest BCUT2D eigenvalue weighted by Gasteiger charge is 2.31. The largest absolute Gasteiger partial charge is 0.466 e. The third-order valence-electron chi connectivity index (χ3n) is 3.80. The van der Waals surface area contributed by atoms with Crippen LogP contribution >= 0.6 is 0 Å². The molecule has 1 atom stereocenters. The quantitative estimate of drug-likeness (QED) is 0.304. The molecule has 1 rings (SSSR count). The second-order valence-electron chi connectivity index (χ2n) is 7.56.